The molecule has 2 heterocycles. The SMILES string of the molecule is COc1ccccc1-c1cnc(NC(=O)C2(c3ccc4c(c3)OCO4)CC2)cc1C.[HH]. The zero-order valence-corrected chi connectivity index (χ0v) is 16.9. The Kier molecular flexibility index (Phi) is 4.35. The number of carbonyl (C=O) groups excluding carboxylic acids is 1. The Morgan fingerprint density at radius 1 is 1.10 bits per heavy atom. The van der Waals surface area contributed by atoms with Crippen molar-refractivity contribution in [3.8, 4) is 28.4 Å². The molecule has 0 atom stereocenters. The van der Waals surface area contributed by atoms with Gasteiger partial charge in [-0.05, 0) is 55.2 Å². The van der Waals surface area contributed by atoms with Gasteiger partial charge in [-0.1, -0.05) is 24.3 Å². The maximum Gasteiger partial charge on any atom is 0.236 e. The second-order valence-corrected chi connectivity index (χ2v) is 7.69. The van der Waals surface area contributed by atoms with Gasteiger partial charge >= 0.3 is 0 Å². The monoisotopic (exact) mass is 404 g/mol. The van der Waals surface area contributed by atoms with E-state index in [0.717, 1.165) is 46.6 Å². The summed E-state index contributed by atoms with van der Waals surface area (Å²) in [7, 11) is 1.65. The molecule has 154 valence electrons. The number of methoxy groups -OCH3 is 1. The molecule has 3 aromatic rings. The third kappa shape index (κ3) is 3.05. The Morgan fingerprint density at radius 2 is 1.90 bits per heavy atom. The Morgan fingerprint density at radius 3 is 2.67 bits per heavy atom. The molecular weight excluding hydrogens is 380 g/mol. The Hall–Kier alpha value is -3.54. The van der Waals surface area contributed by atoms with E-state index in [1.807, 2.05) is 55.5 Å². The number of nitrogens with zero attached hydrogens (tertiary/aromatic N) is 1. The number of para-hydroxylation sites is 1. The van der Waals surface area contributed by atoms with Crippen LogP contribution < -0.4 is 19.5 Å². The fourth-order valence-electron chi connectivity index (χ4n) is 3.98. The maximum atomic E-state index is 13.1. The third-order valence-electron chi connectivity index (χ3n) is 5.86. The van der Waals surface area contributed by atoms with Crippen molar-refractivity contribution < 1.29 is 20.4 Å². The first-order chi connectivity index (χ1) is 14.6. The van der Waals surface area contributed by atoms with Crippen LogP contribution in [0.1, 0.15) is 25.4 Å². The zero-order valence-electron chi connectivity index (χ0n) is 16.9. The van der Waals surface area contributed by atoms with Crippen molar-refractivity contribution in [3.05, 3.63) is 65.9 Å². The quantitative estimate of drug-likeness (QED) is 0.667. The van der Waals surface area contributed by atoms with Crippen LogP contribution in [-0.2, 0) is 10.2 Å². The van der Waals surface area contributed by atoms with Gasteiger partial charge in [0, 0.05) is 18.8 Å². The molecule has 30 heavy (non-hydrogen) atoms. The lowest BCUT2D eigenvalue weighted by Crippen LogP contribution is -2.28. The maximum absolute atomic E-state index is 13.1. The molecular formula is C24H24N2O4. The van der Waals surface area contributed by atoms with Gasteiger partial charge in [0.05, 0.1) is 12.5 Å². The van der Waals surface area contributed by atoms with Gasteiger partial charge < -0.3 is 19.5 Å². The summed E-state index contributed by atoms with van der Waals surface area (Å²) in [6, 6.07) is 15.5. The number of aryl methyl sites for hydroxylation is 1. The van der Waals surface area contributed by atoms with Crippen LogP contribution in [0.2, 0.25) is 0 Å². The molecule has 6 heteroatoms. The van der Waals surface area contributed by atoms with Crippen LogP contribution in [0.4, 0.5) is 5.82 Å². The second-order valence-electron chi connectivity index (χ2n) is 7.69. The van der Waals surface area contributed by atoms with E-state index in [1.54, 1.807) is 13.3 Å². The van der Waals surface area contributed by atoms with Crippen LogP contribution in [0.25, 0.3) is 11.1 Å². The number of nitrogens with one attached hydrogen (secondary N) is 1. The van der Waals surface area contributed by atoms with Crippen LogP contribution in [0.15, 0.2) is 54.7 Å². The topological polar surface area (TPSA) is 69.7 Å². The number of carbonyl (C=O) groups is 1. The lowest BCUT2D eigenvalue weighted by molar-refractivity contribution is -0.118. The van der Waals surface area contributed by atoms with Crippen molar-refractivity contribution in [2.75, 3.05) is 19.2 Å². The Labute approximate surface area is 176 Å². The number of amides is 1. The molecule has 5 rings (SSSR count). The zero-order chi connectivity index (χ0) is 20.7. The van der Waals surface area contributed by atoms with E-state index < -0.39 is 5.41 Å². The number of benzene rings is 2. The summed E-state index contributed by atoms with van der Waals surface area (Å²) in [5, 5.41) is 3.01. The van der Waals surface area contributed by atoms with Crippen molar-refractivity contribution in [2.45, 2.75) is 25.2 Å². The standard InChI is InChI=1S/C24H22N2O4.H2/c1-15-11-22(25-13-18(15)17-5-3-4-6-19(17)28-2)26-23(27)24(9-10-24)16-7-8-20-21(12-16)30-14-29-20;/h3-8,11-13H,9-10,14H2,1-2H3,(H,25,26,27);1H. The van der Waals surface area contributed by atoms with Crippen LogP contribution in [-0.4, -0.2) is 24.8 Å². The van der Waals surface area contributed by atoms with Gasteiger partial charge in [-0.2, -0.15) is 0 Å². The summed E-state index contributed by atoms with van der Waals surface area (Å²) in [4.78, 5) is 17.6. The normalized spacial score (nSPS) is 15.5. The first-order valence-corrected chi connectivity index (χ1v) is 9.92. The average molecular weight is 404 g/mol. The van der Waals surface area contributed by atoms with Gasteiger partial charge in [0.1, 0.15) is 11.6 Å². The molecule has 1 aliphatic carbocycles. The van der Waals surface area contributed by atoms with Crippen LogP contribution in [0.3, 0.4) is 0 Å². The highest BCUT2D eigenvalue weighted by atomic mass is 16.7. The molecule has 0 bridgehead atoms. The van der Waals surface area contributed by atoms with Gasteiger partial charge in [0.15, 0.2) is 11.5 Å². The highest BCUT2D eigenvalue weighted by Crippen LogP contribution is 2.51. The highest BCUT2D eigenvalue weighted by molar-refractivity contribution is 6.01. The number of fused-ring (bicyclic) bond motifs is 1. The van der Waals surface area contributed by atoms with E-state index in [9.17, 15) is 4.79 Å². The van der Waals surface area contributed by atoms with Gasteiger partial charge in [-0.15, -0.1) is 0 Å². The summed E-state index contributed by atoms with van der Waals surface area (Å²) in [5.41, 5.74) is 3.38. The van der Waals surface area contributed by atoms with E-state index in [0.29, 0.717) is 11.6 Å². The predicted molar refractivity (Wildman–Crippen MR) is 115 cm³/mol. The van der Waals surface area contributed by atoms with Crippen molar-refractivity contribution in [1.82, 2.24) is 4.98 Å². The molecule has 0 saturated heterocycles. The fourth-order valence-corrected chi connectivity index (χ4v) is 3.98. The van der Waals surface area contributed by atoms with Crippen molar-refractivity contribution in [2.24, 2.45) is 0 Å². The molecule has 6 nitrogen and oxygen atoms in total. The number of hydrogen-bond donors (Lipinski definition) is 1. The number of pyridine rings is 1. The van der Waals surface area contributed by atoms with Gasteiger partial charge in [0.2, 0.25) is 12.7 Å². The molecule has 0 radical (unpaired) electrons. The highest BCUT2D eigenvalue weighted by Gasteiger charge is 2.51. The van der Waals surface area contributed by atoms with E-state index in [2.05, 4.69) is 10.3 Å². The minimum absolute atomic E-state index is 0. The molecule has 1 amide bonds. The van der Waals surface area contributed by atoms with E-state index in [1.165, 1.54) is 0 Å². The van der Waals surface area contributed by atoms with Crippen LogP contribution in [0, 0.1) is 6.92 Å². The lowest BCUT2D eigenvalue weighted by atomic mass is 9.94. The summed E-state index contributed by atoms with van der Waals surface area (Å²) >= 11 is 0. The van der Waals surface area contributed by atoms with Crippen LogP contribution in [0.5, 0.6) is 17.2 Å². The first kappa shape index (κ1) is 18.5. The Bertz CT molecular complexity index is 1140. The number of aromatic nitrogens is 1. The molecule has 1 saturated carbocycles. The molecule has 0 unspecified atom stereocenters. The van der Waals surface area contributed by atoms with Crippen molar-refractivity contribution in [3.63, 3.8) is 0 Å². The number of rotatable bonds is 5. The van der Waals surface area contributed by atoms with Crippen molar-refractivity contribution in [1.29, 1.82) is 0 Å². The second kappa shape index (κ2) is 7.06. The number of anilines is 1. The molecule has 1 aliphatic heterocycles. The minimum Gasteiger partial charge on any atom is -0.496 e. The minimum atomic E-state index is -0.530. The van der Waals surface area contributed by atoms with E-state index in [-0.39, 0.29) is 14.1 Å². The summed E-state index contributed by atoms with van der Waals surface area (Å²) in [6.07, 6.45) is 3.39. The first-order valence-electron chi connectivity index (χ1n) is 9.92. The van der Waals surface area contributed by atoms with Gasteiger partial charge in [-0.25, -0.2) is 4.98 Å². The summed E-state index contributed by atoms with van der Waals surface area (Å²) in [6.45, 7) is 2.23. The van der Waals surface area contributed by atoms with E-state index >= 15 is 0 Å². The molecule has 1 aromatic heterocycles. The Balaban J connectivity index is 0.00000231. The molecule has 2 aromatic carbocycles. The predicted octanol–water partition coefficient (Wildman–Crippen LogP) is 4.71. The van der Waals surface area contributed by atoms with Crippen molar-refractivity contribution >= 4 is 11.7 Å². The molecule has 0 spiro atoms. The average Bonchev–Trinajstić information content (AvgIpc) is 3.45. The van der Waals surface area contributed by atoms with Gasteiger partial charge in [-0.3, -0.25) is 4.79 Å². The fraction of sp³-hybridized carbons (Fsp3) is 0.250. The molecule has 1 N–H and O–H groups in total. The number of ether oxygens (including phenoxy) is 3. The van der Waals surface area contributed by atoms with E-state index in [4.69, 9.17) is 14.2 Å². The largest absolute Gasteiger partial charge is 0.496 e. The smallest absolute Gasteiger partial charge is 0.236 e. The molecule has 1 fully saturated rings. The third-order valence-corrected chi connectivity index (χ3v) is 5.86. The summed E-state index contributed by atoms with van der Waals surface area (Å²) < 4.78 is 16.3. The van der Waals surface area contributed by atoms with Crippen LogP contribution >= 0.6 is 0 Å². The lowest BCUT2D eigenvalue weighted by Gasteiger charge is -2.17. The summed E-state index contributed by atoms with van der Waals surface area (Å²) in [5.74, 6) is 2.71. The number of hydrogen-bond acceptors (Lipinski definition) is 5. The molecule has 2 aliphatic rings. The van der Waals surface area contributed by atoms with Gasteiger partial charge in [0.25, 0.3) is 0 Å².